The number of aromatic nitrogens is 2. The van der Waals surface area contributed by atoms with Gasteiger partial charge >= 0.3 is 11.7 Å². The van der Waals surface area contributed by atoms with Crippen molar-refractivity contribution in [3.63, 3.8) is 0 Å². The van der Waals surface area contributed by atoms with Crippen LogP contribution in [0.2, 0.25) is 0 Å². The van der Waals surface area contributed by atoms with Crippen LogP contribution in [0.4, 0.5) is 0 Å². The SMILES string of the molecule is CC(C)OC(=O)C(C)NPOCC1OC(n2ccc(=O)[nH]c2=O)C(C)(O)C1O. The zero-order chi connectivity index (χ0) is 21.1. The molecule has 0 spiro atoms. The second-order valence-electron chi connectivity index (χ2n) is 6.98. The predicted octanol–water partition coefficient (Wildman–Crippen LogP) is -0.999. The van der Waals surface area contributed by atoms with Crippen molar-refractivity contribution in [1.29, 1.82) is 0 Å². The highest BCUT2D eigenvalue weighted by Gasteiger charge is 2.53. The third-order valence-electron chi connectivity index (χ3n) is 4.16. The first-order valence-corrected chi connectivity index (χ1v) is 9.65. The molecule has 1 aromatic heterocycles. The summed E-state index contributed by atoms with van der Waals surface area (Å²) in [6.45, 7) is 6.36. The molecule has 158 valence electrons. The molecule has 0 saturated carbocycles. The highest BCUT2D eigenvalue weighted by atomic mass is 31.1. The number of hydrogen-bond donors (Lipinski definition) is 4. The summed E-state index contributed by atoms with van der Waals surface area (Å²) in [5, 5.41) is 23.8. The molecule has 1 fully saturated rings. The Kier molecular flexibility index (Phi) is 7.49. The third-order valence-corrected chi connectivity index (χ3v) is 5.02. The molecule has 0 aromatic carbocycles. The summed E-state index contributed by atoms with van der Waals surface area (Å²) in [7, 11) is -0.285. The number of H-pyrrole nitrogens is 1. The van der Waals surface area contributed by atoms with Gasteiger partial charge in [0.25, 0.3) is 5.56 Å². The molecule has 0 aliphatic carbocycles. The van der Waals surface area contributed by atoms with Gasteiger partial charge in [-0.1, -0.05) is 0 Å². The molecule has 0 amide bonds. The van der Waals surface area contributed by atoms with Crippen LogP contribution in [0.5, 0.6) is 0 Å². The topological polar surface area (TPSA) is 152 Å². The molecule has 12 heteroatoms. The number of hydrogen-bond acceptors (Lipinski definition) is 9. The van der Waals surface area contributed by atoms with Crippen LogP contribution in [0.3, 0.4) is 0 Å². The molecule has 0 bridgehead atoms. The van der Waals surface area contributed by atoms with E-state index in [-0.39, 0.29) is 21.7 Å². The summed E-state index contributed by atoms with van der Waals surface area (Å²) < 4.78 is 17.1. The maximum atomic E-state index is 12.0. The molecule has 2 rings (SSSR count). The van der Waals surface area contributed by atoms with Gasteiger partial charge in [-0.15, -0.1) is 0 Å². The fourth-order valence-electron chi connectivity index (χ4n) is 2.64. The minimum Gasteiger partial charge on any atom is -0.462 e. The highest BCUT2D eigenvalue weighted by Crippen LogP contribution is 2.37. The summed E-state index contributed by atoms with van der Waals surface area (Å²) in [5.41, 5.74) is -3.15. The van der Waals surface area contributed by atoms with Crippen LogP contribution in [0, 0.1) is 0 Å². The van der Waals surface area contributed by atoms with Crippen molar-refractivity contribution < 1.29 is 29.0 Å². The van der Waals surface area contributed by atoms with Gasteiger partial charge < -0.3 is 24.2 Å². The summed E-state index contributed by atoms with van der Waals surface area (Å²) in [4.78, 5) is 36.9. The summed E-state index contributed by atoms with van der Waals surface area (Å²) in [5.74, 6) is -0.413. The Bertz CT molecular complexity index is 793. The molecule has 11 nitrogen and oxygen atoms in total. The van der Waals surface area contributed by atoms with Gasteiger partial charge in [0.2, 0.25) is 0 Å². The van der Waals surface area contributed by atoms with E-state index in [0.29, 0.717) is 0 Å². The molecule has 1 aromatic rings. The van der Waals surface area contributed by atoms with Gasteiger partial charge in [0.1, 0.15) is 23.9 Å². The van der Waals surface area contributed by atoms with Gasteiger partial charge in [-0.3, -0.25) is 24.2 Å². The first kappa shape index (κ1) is 22.7. The number of aliphatic hydroxyl groups excluding tert-OH is 1. The maximum absolute atomic E-state index is 12.0. The van der Waals surface area contributed by atoms with Crippen LogP contribution >= 0.6 is 8.96 Å². The van der Waals surface area contributed by atoms with E-state index in [1.807, 2.05) is 0 Å². The second-order valence-corrected chi connectivity index (χ2v) is 7.76. The third kappa shape index (κ3) is 5.25. The minimum absolute atomic E-state index is 0.0939. The number of nitrogens with one attached hydrogen (secondary N) is 2. The Hall–Kier alpha value is -1.62. The molecule has 1 aliphatic rings. The van der Waals surface area contributed by atoms with E-state index in [1.54, 1.807) is 20.8 Å². The lowest BCUT2D eigenvalue weighted by Gasteiger charge is -2.27. The first-order valence-electron chi connectivity index (χ1n) is 8.74. The quantitative estimate of drug-likeness (QED) is 0.236. The van der Waals surface area contributed by atoms with E-state index in [4.69, 9.17) is 14.0 Å². The first-order chi connectivity index (χ1) is 13.0. The Labute approximate surface area is 162 Å². The summed E-state index contributed by atoms with van der Waals surface area (Å²) in [6.07, 6.45) is -2.52. The van der Waals surface area contributed by atoms with Crippen LogP contribution in [0.15, 0.2) is 21.9 Å². The van der Waals surface area contributed by atoms with Gasteiger partial charge in [-0.05, 0) is 27.7 Å². The summed E-state index contributed by atoms with van der Waals surface area (Å²) >= 11 is 0. The fourth-order valence-corrected chi connectivity index (χ4v) is 3.26. The molecule has 28 heavy (non-hydrogen) atoms. The van der Waals surface area contributed by atoms with Crippen LogP contribution in [0.25, 0.3) is 0 Å². The standard InChI is InChI=1S/C16H26N3O8P/c1-8(2)26-13(22)9(3)18-28-25-7-10-12(21)16(4,24)14(27-10)19-6-5-11(20)17-15(19)23/h5-6,8-10,12,14,18,21,24,28H,7H2,1-4H3,(H,17,20,23). The van der Waals surface area contributed by atoms with Crippen molar-refractivity contribution in [3.8, 4) is 0 Å². The average molecular weight is 419 g/mol. The van der Waals surface area contributed by atoms with Gasteiger partial charge in [0.05, 0.1) is 21.7 Å². The zero-order valence-corrected chi connectivity index (χ0v) is 17.0. The van der Waals surface area contributed by atoms with Crippen LogP contribution in [-0.4, -0.2) is 62.3 Å². The van der Waals surface area contributed by atoms with E-state index < -0.39 is 47.3 Å². The second kappa shape index (κ2) is 9.25. The number of rotatable bonds is 8. The van der Waals surface area contributed by atoms with Crippen LogP contribution < -0.4 is 16.3 Å². The zero-order valence-electron chi connectivity index (χ0n) is 16.0. The lowest BCUT2D eigenvalue weighted by atomic mass is 9.96. The number of carbonyl (C=O) groups excluding carboxylic acids is 1. The van der Waals surface area contributed by atoms with Crippen molar-refractivity contribution in [2.24, 2.45) is 0 Å². The number of aliphatic hydroxyl groups is 2. The summed E-state index contributed by atoms with van der Waals surface area (Å²) in [6, 6.07) is 0.533. The lowest BCUT2D eigenvalue weighted by molar-refractivity contribution is -0.148. The highest BCUT2D eigenvalue weighted by molar-refractivity contribution is 7.29. The molecule has 6 atom stereocenters. The van der Waals surface area contributed by atoms with Crippen LogP contribution in [0.1, 0.15) is 33.9 Å². The van der Waals surface area contributed by atoms with Crippen LogP contribution in [-0.2, 0) is 18.8 Å². The lowest BCUT2D eigenvalue weighted by Crippen LogP contribution is -2.46. The van der Waals surface area contributed by atoms with E-state index in [0.717, 1.165) is 10.6 Å². The Morgan fingerprint density at radius 2 is 2.14 bits per heavy atom. The molecule has 4 N–H and O–H groups in total. The van der Waals surface area contributed by atoms with Gasteiger partial charge in [-0.2, -0.15) is 0 Å². The number of nitrogens with zero attached hydrogens (tertiary/aromatic N) is 1. The Balaban J connectivity index is 1.92. The molecule has 2 heterocycles. The molecular weight excluding hydrogens is 393 g/mol. The van der Waals surface area contributed by atoms with Gasteiger partial charge in [0.15, 0.2) is 6.23 Å². The van der Waals surface area contributed by atoms with Crippen molar-refractivity contribution in [3.05, 3.63) is 33.1 Å². The predicted molar refractivity (Wildman–Crippen MR) is 100.0 cm³/mol. The average Bonchev–Trinajstić information content (AvgIpc) is 2.81. The van der Waals surface area contributed by atoms with Crippen molar-refractivity contribution in [1.82, 2.24) is 14.6 Å². The van der Waals surface area contributed by atoms with E-state index >= 15 is 0 Å². The van der Waals surface area contributed by atoms with Crippen molar-refractivity contribution in [2.75, 3.05) is 6.61 Å². The molecule has 6 unspecified atom stereocenters. The van der Waals surface area contributed by atoms with Gasteiger partial charge in [-0.25, -0.2) is 4.79 Å². The Morgan fingerprint density at radius 1 is 1.46 bits per heavy atom. The fraction of sp³-hybridized carbons (Fsp3) is 0.688. The molecule has 0 radical (unpaired) electrons. The number of esters is 1. The molecule has 1 saturated heterocycles. The Morgan fingerprint density at radius 3 is 2.75 bits per heavy atom. The number of carbonyl (C=O) groups is 1. The van der Waals surface area contributed by atoms with Crippen molar-refractivity contribution in [2.45, 2.75) is 63.9 Å². The largest absolute Gasteiger partial charge is 0.462 e. The number of aromatic amines is 1. The molecule has 1 aliphatic heterocycles. The van der Waals surface area contributed by atoms with E-state index in [1.165, 1.54) is 13.1 Å². The van der Waals surface area contributed by atoms with Gasteiger partial charge in [0, 0.05) is 12.3 Å². The maximum Gasteiger partial charge on any atom is 0.330 e. The van der Waals surface area contributed by atoms with E-state index in [2.05, 4.69) is 10.1 Å². The normalized spacial score (nSPS) is 28.9. The molecular formula is C16H26N3O8P. The minimum atomic E-state index is -1.79. The smallest absolute Gasteiger partial charge is 0.330 e. The monoisotopic (exact) mass is 419 g/mol. The van der Waals surface area contributed by atoms with E-state index in [9.17, 15) is 24.6 Å². The van der Waals surface area contributed by atoms with Crippen molar-refractivity contribution >= 4 is 14.9 Å². The number of ether oxygens (including phenoxy) is 2.